The Bertz CT molecular complexity index is 767. The largest absolute Gasteiger partial charge is 0.453 e. The maximum absolute atomic E-state index is 11.1. The van der Waals surface area contributed by atoms with Crippen LogP contribution in [0.4, 0.5) is 5.69 Å². The second kappa shape index (κ2) is 6.62. The number of hydrogen-bond acceptors (Lipinski definition) is 5. The average Bonchev–Trinajstić information content (AvgIpc) is 2.45. The molecule has 0 N–H and O–H groups in total. The van der Waals surface area contributed by atoms with Gasteiger partial charge in [-0.1, -0.05) is 11.8 Å². The number of nitrogens with zero attached hydrogens (tertiary/aromatic N) is 1. The minimum Gasteiger partial charge on any atom is -0.453 e. The Balaban J connectivity index is 2.05. The van der Waals surface area contributed by atoms with E-state index in [9.17, 15) is 9.59 Å². The molecule has 0 bridgehead atoms. The normalized spacial score (nSPS) is 9.81. The van der Waals surface area contributed by atoms with Gasteiger partial charge in [0.2, 0.25) is 0 Å². The summed E-state index contributed by atoms with van der Waals surface area (Å²) in [7, 11) is 1.90. The van der Waals surface area contributed by atoms with Crippen molar-refractivity contribution in [3.8, 4) is 11.8 Å². The quantitative estimate of drug-likeness (QED) is 0.489. The lowest BCUT2D eigenvalue weighted by molar-refractivity contribution is -0.139. The molecule has 0 spiro atoms. The van der Waals surface area contributed by atoms with Crippen molar-refractivity contribution < 1.29 is 13.9 Å². The molecule has 1 heterocycles. The molecule has 1 aromatic carbocycles. The zero-order chi connectivity index (χ0) is 15.2. The van der Waals surface area contributed by atoms with E-state index in [4.69, 9.17) is 9.15 Å². The topological polar surface area (TPSA) is 59.8 Å². The second-order valence-corrected chi connectivity index (χ2v) is 4.47. The van der Waals surface area contributed by atoms with Crippen molar-refractivity contribution in [1.29, 1.82) is 0 Å². The third-order valence-electron chi connectivity index (χ3n) is 2.83. The molecule has 2 rings (SSSR count). The molecule has 108 valence electrons. The molecule has 5 nitrogen and oxygen atoms in total. The lowest BCUT2D eigenvalue weighted by Crippen LogP contribution is -2.17. The number of carbonyl (C=O) groups is 1. The highest BCUT2D eigenvalue weighted by Crippen LogP contribution is 2.19. The average molecular weight is 285 g/mol. The van der Waals surface area contributed by atoms with Crippen LogP contribution in [0, 0.1) is 11.8 Å². The van der Waals surface area contributed by atoms with Crippen molar-refractivity contribution in [2.45, 2.75) is 6.92 Å². The second-order valence-electron chi connectivity index (χ2n) is 4.47. The van der Waals surface area contributed by atoms with Crippen molar-refractivity contribution in [1.82, 2.24) is 0 Å². The van der Waals surface area contributed by atoms with Gasteiger partial charge in [0.05, 0.1) is 6.54 Å². The van der Waals surface area contributed by atoms with Gasteiger partial charge in [0.15, 0.2) is 6.61 Å². The summed E-state index contributed by atoms with van der Waals surface area (Å²) in [5, 5.41) is 0.854. The zero-order valence-corrected chi connectivity index (χ0v) is 11.9. The van der Waals surface area contributed by atoms with Gasteiger partial charge in [0.1, 0.15) is 5.58 Å². The molecular weight excluding hydrogens is 270 g/mol. The van der Waals surface area contributed by atoms with Crippen molar-refractivity contribution in [3.05, 3.63) is 40.8 Å². The summed E-state index contributed by atoms with van der Waals surface area (Å²) < 4.78 is 9.81. The molecule has 5 heteroatoms. The molecular formula is C16H15NO4. The molecule has 0 unspecified atom stereocenters. The summed E-state index contributed by atoms with van der Waals surface area (Å²) in [5.74, 6) is 5.35. The first-order valence-corrected chi connectivity index (χ1v) is 6.40. The van der Waals surface area contributed by atoms with Crippen LogP contribution < -0.4 is 10.5 Å². The van der Waals surface area contributed by atoms with Gasteiger partial charge in [-0.25, -0.2) is 4.79 Å². The van der Waals surface area contributed by atoms with E-state index in [1.165, 1.54) is 13.0 Å². The van der Waals surface area contributed by atoms with Gasteiger partial charge in [-0.15, -0.1) is 0 Å². The SMILES string of the molecule is CC(=O)OCC#CCN(C)c1ccc2oc(=O)ccc2c1. The summed E-state index contributed by atoms with van der Waals surface area (Å²) in [6.45, 7) is 1.96. The molecule has 0 fully saturated rings. The Kier molecular flexibility index (Phi) is 4.62. The number of rotatable bonds is 3. The number of benzene rings is 1. The van der Waals surface area contributed by atoms with Crippen LogP contribution in [-0.2, 0) is 9.53 Å². The maximum atomic E-state index is 11.1. The molecule has 1 aromatic heterocycles. The van der Waals surface area contributed by atoms with E-state index >= 15 is 0 Å². The van der Waals surface area contributed by atoms with E-state index in [2.05, 4.69) is 11.8 Å². The smallest absolute Gasteiger partial charge is 0.336 e. The Morgan fingerprint density at radius 2 is 2.10 bits per heavy atom. The van der Waals surface area contributed by atoms with Gasteiger partial charge in [0.25, 0.3) is 0 Å². The number of anilines is 1. The van der Waals surface area contributed by atoms with E-state index in [-0.39, 0.29) is 18.2 Å². The fourth-order valence-corrected chi connectivity index (χ4v) is 1.75. The van der Waals surface area contributed by atoms with Gasteiger partial charge < -0.3 is 14.1 Å². The Morgan fingerprint density at radius 1 is 1.29 bits per heavy atom. The van der Waals surface area contributed by atoms with Gasteiger partial charge in [-0.05, 0) is 24.3 Å². The zero-order valence-electron chi connectivity index (χ0n) is 11.9. The van der Waals surface area contributed by atoms with Crippen LogP contribution >= 0.6 is 0 Å². The highest BCUT2D eigenvalue weighted by Gasteiger charge is 2.02. The number of esters is 1. The highest BCUT2D eigenvalue weighted by atomic mass is 16.5. The van der Waals surface area contributed by atoms with Crippen molar-refractivity contribution in [2.24, 2.45) is 0 Å². The summed E-state index contributed by atoms with van der Waals surface area (Å²) in [6.07, 6.45) is 0. The Morgan fingerprint density at radius 3 is 2.86 bits per heavy atom. The van der Waals surface area contributed by atoms with Crippen LogP contribution in [0.3, 0.4) is 0 Å². The standard InChI is InChI=1S/C16H15NO4/c1-12(18)20-10-4-3-9-17(2)14-6-7-15-13(11-14)5-8-16(19)21-15/h5-8,11H,9-10H2,1-2H3. The molecule has 0 aliphatic heterocycles. The molecule has 0 saturated carbocycles. The van der Waals surface area contributed by atoms with Gasteiger partial charge >= 0.3 is 11.6 Å². The monoisotopic (exact) mass is 285 g/mol. The van der Waals surface area contributed by atoms with Crippen molar-refractivity contribution in [3.63, 3.8) is 0 Å². The van der Waals surface area contributed by atoms with E-state index < -0.39 is 0 Å². The van der Waals surface area contributed by atoms with Crippen molar-refractivity contribution in [2.75, 3.05) is 25.1 Å². The molecule has 0 aliphatic carbocycles. The minimum absolute atomic E-state index is 0.103. The molecule has 0 atom stereocenters. The molecule has 0 amide bonds. The molecule has 2 aromatic rings. The van der Waals surface area contributed by atoms with E-state index in [0.717, 1.165) is 11.1 Å². The predicted octanol–water partition coefficient (Wildman–Crippen LogP) is 1.80. The fraction of sp³-hybridized carbons (Fsp3) is 0.250. The number of hydrogen-bond donors (Lipinski definition) is 0. The lowest BCUT2D eigenvalue weighted by Gasteiger charge is -2.16. The molecule has 21 heavy (non-hydrogen) atoms. The summed E-state index contributed by atoms with van der Waals surface area (Å²) in [5.41, 5.74) is 1.15. The first-order chi connectivity index (χ1) is 10.1. The summed E-state index contributed by atoms with van der Waals surface area (Å²) >= 11 is 0. The molecule has 0 aliphatic rings. The van der Waals surface area contributed by atoms with Gasteiger partial charge in [-0.3, -0.25) is 4.79 Å². The van der Waals surface area contributed by atoms with Crippen LogP contribution in [0.5, 0.6) is 0 Å². The van der Waals surface area contributed by atoms with E-state index in [1.807, 2.05) is 24.1 Å². The Labute approximate surface area is 122 Å². The van der Waals surface area contributed by atoms with E-state index in [1.54, 1.807) is 12.1 Å². The molecule has 0 saturated heterocycles. The summed E-state index contributed by atoms with van der Waals surface area (Å²) in [6, 6.07) is 8.66. The number of ether oxygens (including phenoxy) is 1. The number of fused-ring (bicyclic) bond motifs is 1. The predicted molar refractivity (Wildman–Crippen MR) is 80.2 cm³/mol. The van der Waals surface area contributed by atoms with Crippen LogP contribution in [-0.4, -0.2) is 26.2 Å². The van der Waals surface area contributed by atoms with Crippen LogP contribution in [0.1, 0.15) is 6.92 Å². The Hall–Kier alpha value is -2.74. The van der Waals surface area contributed by atoms with Crippen LogP contribution in [0.2, 0.25) is 0 Å². The highest BCUT2D eigenvalue weighted by molar-refractivity contribution is 5.80. The van der Waals surface area contributed by atoms with Gasteiger partial charge in [0, 0.05) is 31.1 Å². The van der Waals surface area contributed by atoms with Gasteiger partial charge in [-0.2, -0.15) is 0 Å². The molecule has 0 radical (unpaired) electrons. The lowest BCUT2D eigenvalue weighted by atomic mass is 10.2. The third-order valence-corrected chi connectivity index (χ3v) is 2.83. The first kappa shape index (κ1) is 14.7. The maximum Gasteiger partial charge on any atom is 0.336 e. The first-order valence-electron chi connectivity index (χ1n) is 6.40. The minimum atomic E-state index is -0.361. The summed E-state index contributed by atoms with van der Waals surface area (Å²) in [4.78, 5) is 23.7. The van der Waals surface area contributed by atoms with Crippen LogP contribution in [0.25, 0.3) is 11.0 Å². The third kappa shape index (κ3) is 4.11. The fourth-order valence-electron chi connectivity index (χ4n) is 1.75. The number of carbonyl (C=O) groups excluding carboxylic acids is 1. The van der Waals surface area contributed by atoms with E-state index in [0.29, 0.717) is 12.1 Å². The van der Waals surface area contributed by atoms with Crippen LogP contribution in [0.15, 0.2) is 39.5 Å². The van der Waals surface area contributed by atoms with Crippen molar-refractivity contribution >= 4 is 22.6 Å².